The summed E-state index contributed by atoms with van der Waals surface area (Å²) in [6.45, 7) is 2.55. The number of carbonyl (C=O) groups is 1. The molecule has 3 nitrogen and oxygen atoms in total. The first-order valence-electron chi connectivity index (χ1n) is 9.00. The van der Waals surface area contributed by atoms with E-state index in [0.29, 0.717) is 17.9 Å². The number of halogens is 4. The van der Waals surface area contributed by atoms with Gasteiger partial charge in [-0.3, -0.25) is 4.79 Å². The van der Waals surface area contributed by atoms with Crippen molar-refractivity contribution in [3.8, 4) is 0 Å². The topological polar surface area (TPSA) is 32.3 Å². The van der Waals surface area contributed by atoms with Crippen LogP contribution in [0.15, 0.2) is 24.3 Å². The molecule has 1 amide bonds. The number of alkyl halides is 3. The summed E-state index contributed by atoms with van der Waals surface area (Å²) in [6, 6.07) is 5.42. The van der Waals surface area contributed by atoms with E-state index in [2.05, 4.69) is 5.32 Å². The van der Waals surface area contributed by atoms with E-state index in [1.54, 1.807) is 6.07 Å². The van der Waals surface area contributed by atoms with Gasteiger partial charge in [-0.25, -0.2) is 0 Å². The zero-order valence-corrected chi connectivity index (χ0v) is 15.7. The van der Waals surface area contributed by atoms with E-state index >= 15 is 0 Å². The largest absolute Gasteiger partial charge is 0.416 e. The smallest absolute Gasteiger partial charge is 0.342 e. The minimum absolute atomic E-state index is 0. The Balaban J connectivity index is 0.00000243. The lowest BCUT2D eigenvalue weighted by Gasteiger charge is -2.32. The van der Waals surface area contributed by atoms with Crippen molar-refractivity contribution in [1.29, 1.82) is 0 Å². The lowest BCUT2D eigenvalue weighted by Crippen LogP contribution is -2.40. The molecule has 146 valence electrons. The van der Waals surface area contributed by atoms with Gasteiger partial charge in [0.05, 0.1) is 5.56 Å². The average molecular weight is 391 g/mol. The fraction of sp³-hybridized carbons (Fsp3) is 0.632. The van der Waals surface area contributed by atoms with Crippen molar-refractivity contribution in [2.24, 2.45) is 11.8 Å². The van der Waals surface area contributed by atoms with Gasteiger partial charge in [0.15, 0.2) is 0 Å². The molecule has 2 unspecified atom stereocenters. The average Bonchev–Trinajstić information content (AvgIpc) is 3.40. The third kappa shape index (κ3) is 4.92. The van der Waals surface area contributed by atoms with Gasteiger partial charge in [0, 0.05) is 19.0 Å². The van der Waals surface area contributed by atoms with Crippen molar-refractivity contribution >= 4 is 18.3 Å². The number of hydrogen-bond donors (Lipinski definition) is 1. The molecule has 1 aromatic carbocycles. The standard InChI is InChI=1S/C19H25F3N2O.ClH/c1-23-8-5-13-6-9-24(10-7-13)18(25)17-12-16(17)14-3-2-4-15(11-14)19(20,21)22;/h2-4,11,13,16-17,23H,5-10,12H2,1H3;1H. The summed E-state index contributed by atoms with van der Waals surface area (Å²) < 4.78 is 38.5. The summed E-state index contributed by atoms with van der Waals surface area (Å²) in [5, 5.41) is 3.16. The van der Waals surface area contributed by atoms with Crippen LogP contribution in [-0.4, -0.2) is 37.5 Å². The number of nitrogens with one attached hydrogen (secondary N) is 1. The van der Waals surface area contributed by atoms with Gasteiger partial charge in [0.2, 0.25) is 5.91 Å². The molecule has 3 rings (SSSR count). The minimum Gasteiger partial charge on any atom is -0.342 e. The van der Waals surface area contributed by atoms with Gasteiger partial charge in [-0.05, 0) is 62.7 Å². The molecule has 1 heterocycles. The number of carbonyl (C=O) groups excluding carboxylic acids is 1. The van der Waals surface area contributed by atoms with Crippen LogP contribution < -0.4 is 5.32 Å². The molecule has 2 fully saturated rings. The van der Waals surface area contributed by atoms with Gasteiger partial charge < -0.3 is 10.2 Å². The maximum Gasteiger partial charge on any atom is 0.416 e. The first-order chi connectivity index (χ1) is 11.9. The summed E-state index contributed by atoms with van der Waals surface area (Å²) >= 11 is 0. The van der Waals surface area contributed by atoms with Gasteiger partial charge in [0.25, 0.3) is 0 Å². The highest BCUT2D eigenvalue weighted by Crippen LogP contribution is 2.49. The van der Waals surface area contributed by atoms with Gasteiger partial charge in [-0.2, -0.15) is 13.2 Å². The van der Waals surface area contributed by atoms with Crippen LogP contribution in [0.2, 0.25) is 0 Å². The predicted molar refractivity (Wildman–Crippen MR) is 97.4 cm³/mol. The molecule has 7 heteroatoms. The Labute approximate surface area is 158 Å². The summed E-state index contributed by atoms with van der Waals surface area (Å²) in [5.74, 6) is 0.582. The molecule has 0 bridgehead atoms. The number of likely N-dealkylation sites (tertiary alicyclic amines) is 1. The van der Waals surface area contributed by atoms with E-state index in [-0.39, 0.29) is 30.2 Å². The third-order valence-corrected chi connectivity index (χ3v) is 5.48. The Bertz CT molecular complexity index is 615. The highest BCUT2D eigenvalue weighted by molar-refractivity contribution is 5.85. The number of hydrogen-bond acceptors (Lipinski definition) is 2. The minimum atomic E-state index is -4.33. The maximum atomic E-state index is 12.8. The molecule has 1 saturated heterocycles. The zero-order chi connectivity index (χ0) is 18.0. The van der Waals surface area contributed by atoms with E-state index in [1.165, 1.54) is 12.1 Å². The molecule has 0 aromatic heterocycles. The molecule has 1 aliphatic carbocycles. The second-order valence-corrected chi connectivity index (χ2v) is 7.23. The molecule has 2 aliphatic rings. The lowest BCUT2D eigenvalue weighted by atomic mass is 9.93. The van der Waals surface area contributed by atoms with Crippen LogP contribution in [0.3, 0.4) is 0 Å². The predicted octanol–water partition coefficient (Wildman–Crippen LogP) is 4.08. The Morgan fingerprint density at radius 2 is 1.96 bits per heavy atom. The maximum absolute atomic E-state index is 12.8. The van der Waals surface area contributed by atoms with Crippen molar-refractivity contribution in [2.45, 2.75) is 37.8 Å². The van der Waals surface area contributed by atoms with Crippen molar-refractivity contribution in [2.75, 3.05) is 26.7 Å². The molecule has 0 spiro atoms. The SMILES string of the molecule is CNCCC1CCN(C(=O)C2CC2c2cccc(C(F)(F)F)c2)CC1.Cl. The quantitative estimate of drug-likeness (QED) is 0.821. The van der Waals surface area contributed by atoms with Crippen LogP contribution in [-0.2, 0) is 11.0 Å². The van der Waals surface area contributed by atoms with Crippen LogP contribution in [0, 0.1) is 11.8 Å². The van der Waals surface area contributed by atoms with Crippen LogP contribution in [0.1, 0.15) is 42.7 Å². The molecule has 1 N–H and O–H groups in total. The van der Waals surface area contributed by atoms with Gasteiger partial charge >= 0.3 is 6.18 Å². The van der Waals surface area contributed by atoms with E-state index in [9.17, 15) is 18.0 Å². The highest BCUT2D eigenvalue weighted by Gasteiger charge is 2.46. The number of piperidine rings is 1. The molecular weight excluding hydrogens is 365 g/mol. The second kappa shape index (κ2) is 8.61. The zero-order valence-electron chi connectivity index (χ0n) is 14.9. The molecule has 1 aromatic rings. The summed E-state index contributed by atoms with van der Waals surface area (Å²) in [6.07, 6.45) is -0.489. The fourth-order valence-electron chi connectivity index (χ4n) is 3.81. The second-order valence-electron chi connectivity index (χ2n) is 7.23. The molecule has 26 heavy (non-hydrogen) atoms. The van der Waals surface area contributed by atoms with Gasteiger partial charge in [-0.15, -0.1) is 12.4 Å². The monoisotopic (exact) mass is 390 g/mol. The first kappa shape index (κ1) is 21.0. The molecule has 2 atom stereocenters. The lowest BCUT2D eigenvalue weighted by molar-refractivity contribution is -0.137. The van der Waals surface area contributed by atoms with Crippen molar-refractivity contribution in [3.63, 3.8) is 0 Å². The molecule has 1 saturated carbocycles. The third-order valence-electron chi connectivity index (χ3n) is 5.48. The Morgan fingerprint density at radius 1 is 1.27 bits per heavy atom. The Hall–Kier alpha value is -1.27. The van der Waals surface area contributed by atoms with Crippen molar-refractivity contribution in [3.05, 3.63) is 35.4 Å². The van der Waals surface area contributed by atoms with Crippen LogP contribution in [0.25, 0.3) is 0 Å². The highest BCUT2D eigenvalue weighted by atomic mass is 35.5. The summed E-state index contributed by atoms with van der Waals surface area (Å²) in [5.41, 5.74) is 0.00512. The van der Waals surface area contributed by atoms with Gasteiger partial charge in [0.1, 0.15) is 0 Å². The summed E-state index contributed by atoms with van der Waals surface area (Å²) in [4.78, 5) is 14.5. The first-order valence-corrected chi connectivity index (χ1v) is 9.00. The molecule has 0 radical (unpaired) electrons. The number of amides is 1. The van der Waals surface area contributed by atoms with Gasteiger partial charge in [-0.1, -0.05) is 18.2 Å². The normalized spacial score (nSPS) is 23.5. The summed E-state index contributed by atoms with van der Waals surface area (Å²) in [7, 11) is 1.94. The Morgan fingerprint density at radius 3 is 2.58 bits per heavy atom. The fourth-order valence-corrected chi connectivity index (χ4v) is 3.81. The Kier molecular flexibility index (Phi) is 6.97. The van der Waals surface area contributed by atoms with E-state index < -0.39 is 11.7 Å². The van der Waals surface area contributed by atoms with E-state index in [0.717, 1.165) is 45.0 Å². The molecular formula is C19H26ClF3N2O. The number of nitrogens with zero attached hydrogens (tertiary/aromatic N) is 1. The van der Waals surface area contributed by atoms with Crippen LogP contribution in [0.4, 0.5) is 13.2 Å². The van der Waals surface area contributed by atoms with E-state index in [4.69, 9.17) is 0 Å². The van der Waals surface area contributed by atoms with Crippen LogP contribution >= 0.6 is 12.4 Å². The number of benzene rings is 1. The molecule has 1 aliphatic heterocycles. The van der Waals surface area contributed by atoms with E-state index in [1.807, 2.05) is 11.9 Å². The van der Waals surface area contributed by atoms with Crippen molar-refractivity contribution < 1.29 is 18.0 Å². The number of rotatable bonds is 5. The van der Waals surface area contributed by atoms with Crippen molar-refractivity contribution in [1.82, 2.24) is 10.2 Å². The van der Waals surface area contributed by atoms with Crippen LogP contribution in [0.5, 0.6) is 0 Å².